The lowest BCUT2D eigenvalue weighted by molar-refractivity contribution is -0.140. The highest BCUT2D eigenvalue weighted by Crippen LogP contribution is 2.44. The van der Waals surface area contributed by atoms with Gasteiger partial charge in [-0.05, 0) is 61.4 Å². The maximum Gasteiger partial charge on any atom is 0.295 e. The summed E-state index contributed by atoms with van der Waals surface area (Å²) in [6.07, 6.45) is -0.0317. The second-order valence-corrected chi connectivity index (χ2v) is 9.83. The summed E-state index contributed by atoms with van der Waals surface area (Å²) >= 11 is 12.5. The maximum atomic E-state index is 13.5. The van der Waals surface area contributed by atoms with Crippen LogP contribution in [0, 0.1) is 0 Å². The van der Waals surface area contributed by atoms with Gasteiger partial charge in [0.1, 0.15) is 23.0 Å². The molecule has 38 heavy (non-hydrogen) atoms. The van der Waals surface area contributed by atoms with E-state index in [9.17, 15) is 14.7 Å². The molecule has 0 saturated carbocycles. The number of rotatable bonds is 8. The van der Waals surface area contributed by atoms with Gasteiger partial charge in [-0.2, -0.15) is 0 Å². The Balaban J connectivity index is 1.89. The molecule has 0 radical (unpaired) electrons. The summed E-state index contributed by atoms with van der Waals surface area (Å²) in [4.78, 5) is 28.3. The van der Waals surface area contributed by atoms with Crippen LogP contribution in [0.15, 0.2) is 66.2 Å². The van der Waals surface area contributed by atoms with E-state index in [0.717, 1.165) is 5.56 Å². The first kappa shape index (κ1) is 27.4. The molecule has 1 unspecified atom stereocenters. The van der Waals surface area contributed by atoms with Crippen molar-refractivity contribution in [2.45, 2.75) is 32.5 Å². The third-order valence-electron chi connectivity index (χ3n) is 6.04. The van der Waals surface area contributed by atoms with Crippen molar-refractivity contribution in [1.82, 2.24) is 4.90 Å². The molecule has 1 aliphatic heterocycles. The zero-order valence-electron chi connectivity index (χ0n) is 21.3. The molecule has 0 bridgehead atoms. The Labute approximate surface area is 231 Å². The Morgan fingerprint density at radius 3 is 2.37 bits per heavy atom. The molecule has 9 heteroatoms. The number of ether oxygens (including phenoxy) is 3. The van der Waals surface area contributed by atoms with Gasteiger partial charge < -0.3 is 24.2 Å². The minimum Gasteiger partial charge on any atom is -0.507 e. The van der Waals surface area contributed by atoms with Crippen molar-refractivity contribution in [2.24, 2.45) is 0 Å². The molecule has 198 valence electrons. The summed E-state index contributed by atoms with van der Waals surface area (Å²) in [5.41, 5.74) is 1.31. The summed E-state index contributed by atoms with van der Waals surface area (Å²) in [5.74, 6) is -0.752. The number of halogens is 2. The summed E-state index contributed by atoms with van der Waals surface area (Å²) < 4.78 is 16.6. The molecule has 1 aliphatic rings. The first-order valence-corrected chi connectivity index (χ1v) is 12.6. The Morgan fingerprint density at radius 2 is 1.68 bits per heavy atom. The van der Waals surface area contributed by atoms with Gasteiger partial charge in [0.2, 0.25) is 0 Å². The van der Waals surface area contributed by atoms with Gasteiger partial charge in [0, 0.05) is 11.6 Å². The second kappa shape index (κ2) is 11.4. The topological polar surface area (TPSA) is 85.3 Å². The van der Waals surface area contributed by atoms with Crippen molar-refractivity contribution < 1.29 is 28.9 Å². The zero-order chi connectivity index (χ0) is 27.6. The SMILES string of the molecule is COc1cccc(C2/C(=C(\O)c3cc(Cl)cc(Cl)c3OC)C(=O)C(=O)N2Cc2cccc(OC(C)C)c2)c1. The first-order valence-electron chi connectivity index (χ1n) is 11.9. The maximum absolute atomic E-state index is 13.5. The lowest BCUT2D eigenvalue weighted by Crippen LogP contribution is -2.29. The van der Waals surface area contributed by atoms with E-state index in [0.29, 0.717) is 17.1 Å². The van der Waals surface area contributed by atoms with Crippen LogP contribution < -0.4 is 14.2 Å². The number of amides is 1. The number of likely N-dealkylation sites (tertiary alicyclic amines) is 1. The van der Waals surface area contributed by atoms with Crippen LogP contribution in [0.2, 0.25) is 10.0 Å². The molecule has 7 nitrogen and oxygen atoms in total. The number of aliphatic hydroxyl groups is 1. The van der Waals surface area contributed by atoms with E-state index in [-0.39, 0.29) is 39.6 Å². The van der Waals surface area contributed by atoms with Crippen LogP contribution in [-0.4, -0.2) is 42.0 Å². The summed E-state index contributed by atoms with van der Waals surface area (Å²) in [5, 5.41) is 11.9. The molecule has 1 amide bonds. The highest BCUT2D eigenvalue weighted by atomic mass is 35.5. The molecule has 3 aromatic carbocycles. The zero-order valence-corrected chi connectivity index (χ0v) is 22.8. The third-order valence-corrected chi connectivity index (χ3v) is 6.54. The Morgan fingerprint density at radius 1 is 0.974 bits per heavy atom. The fraction of sp³-hybridized carbons (Fsp3) is 0.241. The van der Waals surface area contributed by atoms with E-state index < -0.39 is 23.5 Å². The van der Waals surface area contributed by atoms with Gasteiger partial charge in [0.15, 0.2) is 0 Å². The van der Waals surface area contributed by atoms with Gasteiger partial charge in [-0.25, -0.2) is 0 Å². The molecular formula is C29H27Cl2NO6. The molecule has 1 heterocycles. The summed E-state index contributed by atoms with van der Waals surface area (Å²) in [6.45, 7) is 3.93. The molecule has 0 aromatic heterocycles. The minimum atomic E-state index is -0.928. The van der Waals surface area contributed by atoms with Gasteiger partial charge in [0.05, 0.1) is 42.5 Å². The number of hydrogen-bond acceptors (Lipinski definition) is 6. The number of carbonyl (C=O) groups is 2. The lowest BCUT2D eigenvalue weighted by Gasteiger charge is -2.26. The van der Waals surface area contributed by atoms with Crippen molar-refractivity contribution in [3.8, 4) is 17.2 Å². The van der Waals surface area contributed by atoms with Crippen LogP contribution in [0.3, 0.4) is 0 Å². The van der Waals surface area contributed by atoms with Crippen LogP contribution >= 0.6 is 23.2 Å². The van der Waals surface area contributed by atoms with E-state index in [1.807, 2.05) is 38.1 Å². The van der Waals surface area contributed by atoms with Gasteiger partial charge in [-0.3, -0.25) is 9.59 Å². The highest BCUT2D eigenvalue weighted by molar-refractivity contribution is 6.46. The normalized spacial score (nSPS) is 16.7. The van der Waals surface area contributed by atoms with Crippen molar-refractivity contribution in [3.05, 3.63) is 93.0 Å². The van der Waals surface area contributed by atoms with Crippen molar-refractivity contribution in [3.63, 3.8) is 0 Å². The predicted molar refractivity (Wildman–Crippen MR) is 146 cm³/mol. The van der Waals surface area contributed by atoms with E-state index >= 15 is 0 Å². The number of carbonyl (C=O) groups excluding carboxylic acids is 2. The minimum absolute atomic E-state index is 0.0317. The molecule has 1 fully saturated rings. The molecule has 4 rings (SSSR count). The van der Waals surface area contributed by atoms with E-state index in [4.69, 9.17) is 37.4 Å². The van der Waals surface area contributed by atoms with Gasteiger partial charge in [-0.1, -0.05) is 47.5 Å². The van der Waals surface area contributed by atoms with Crippen LogP contribution in [-0.2, 0) is 16.1 Å². The molecule has 1 atom stereocenters. The van der Waals surface area contributed by atoms with Crippen LogP contribution in [0.1, 0.15) is 36.6 Å². The van der Waals surface area contributed by atoms with E-state index in [1.54, 1.807) is 24.3 Å². The summed E-state index contributed by atoms with van der Waals surface area (Å²) in [6, 6.07) is 16.3. The molecule has 0 aliphatic carbocycles. The van der Waals surface area contributed by atoms with Crippen LogP contribution in [0.25, 0.3) is 5.76 Å². The second-order valence-electron chi connectivity index (χ2n) is 8.99. The van der Waals surface area contributed by atoms with Crippen molar-refractivity contribution >= 4 is 40.7 Å². The molecule has 1 saturated heterocycles. The van der Waals surface area contributed by atoms with E-state index in [2.05, 4.69) is 0 Å². The Bertz CT molecular complexity index is 1420. The van der Waals surface area contributed by atoms with Crippen molar-refractivity contribution in [1.29, 1.82) is 0 Å². The number of methoxy groups -OCH3 is 2. The van der Waals surface area contributed by atoms with Gasteiger partial charge in [0.25, 0.3) is 11.7 Å². The molecular weight excluding hydrogens is 529 g/mol. The largest absolute Gasteiger partial charge is 0.507 e. The highest BCUT2D eigenvalue weighted by Gasteiger charge is 2.46. The fourth-order valence-corrected chi connectivity index (χ4v) is 5.05. The number of Topliss-reactive ketones (excluding diaryl/α,β-unsaturated/α-hetero) is 1. The Kier molecular flexibility index (Phi) is 8.19. The van der Waals surface area contributed by atoms with Gasteiger partial charge in [-0.15, -0.1) is 0 Å². The standard InChI is InChI=1S/C29H27Cl2NO6/c1-16(2)38-21-10-5-7-17(11-21)15-32-25(18-8-6-9-20(12-18)36-3)24(27(34)29(32)35)26(33)22-13-19(30)14-23(31)28(22)37-4/h5-14,16,25,33H,15H2,1-4H3/b26-24+. The number of nitrogens with zero attached hydrogens (tertiary/aromatic N) is 1. The van der Waals surface area contributed by atoms with Crippen LogP contribution in [0.5, 0.6) is 17.2 Å². The number of hydrogen-bond donors (Lipinski definition) is 1. The number of ketones is 1. The Hall–Kier alpha value is -3.68. The number of benzene rings is 3. The quantitative estimate of drug-likeness (QED) is 0.196. The monoisotopic (exact) mass is 555 g/mol. The summed E-state index contributed by atoms with van der Waals surface area (Å²) in [7, 11) is 2.91. The smallest absolute Gasteiger partial charge is 0.295 e. The average molecular weight is 556 g/mol. The van der Waals surface area contributed by atoms with Gasteiger partial charge >= 0.3 is 0 Å². The third kappa shape index (κ3) is 5.44. The van der Waals surface area contributed by atoms with Crippen LogP contribution in [0.4, 0.5) is 0 Å². The fourth-order valence-electron chi connectivity index (χ4n) is 4.48. The van der Waals surface area contributed by atoms with E-state index in [1.165, 1.54) is 31.3 Å². The molecule has 3 aromatic rings. The molecule has 1 N–H and O–H groups in total. The van der Waals surface area contributed by atoms with Crippen molar-refractivity contribution in [2.75, 3.05) is 14.2 Å². The average Bonchev–Trinajstić information content (AvgIpc) is 3.12. The predicted octanol–water partition coefficient (Wildman–Crippen LogP) is 6.42. The number of aliphatic hydroxyl groups excluding tert-OH is 1. The lowest BCUT2D eigenvalue weighted by atomic mass is 9.94. The molecule has 0 spiro atoms. The first-order chi connectivity index (χ1) is 18.1.